The van der Waals surface area contributed by atoms with E-state index in [0.717, 1.165) is 31.6 Å². The third-order valence-corrected chi connectivity index (χ3v) is 2.53. The first kappa shape index (κ1) is 14.9. The van der Waals surface area contributed by atoms with Gasteiger partial charge in [0.15, 0.2) is 5.78 Å². The molecule has 2 bridgehead atoms. The van der Waals surface area contributed by atoms with Crippen LogP contribution in [0, 0.1) is 5.92 Å². The molecule has 3 heterocycles. The van der Waals surface area contributed by atoms with E-state index in [1.165, 1.54) is 0 Å². The number of nitrogens with zero attached hydrogens (tertiary/aromatic N) is 1. The van der Waals surface area contributed by atoms with Gasteiger partial charge in [0.2, 0.25) is 0 Å². The average molecular weight is 210 g/mol. The molecule has 3 aliphatic rings. The molecule has 0 aromatic carbocycles. The number of ketones is 1. The van der Waals surface area contributed by atoms with Gasteiger partial charge in [-0.3, -0.25) is 4.79 Å². The summed E-state index contributed by atoms with van der Waals surface area (Å²) in [5.41, 5.74) is 0.752. The van der Waals surface area contributed by atoms with Crippen LogP contribution in [0.4, 0.5) is 0 Å². The van der Waals surface area contributed by atoms with E-state index in [4.69, 9.17) is 0 Å². The zero-order chi connectivity index (χ0) is 7.14. The minimum absolute atomic E-state index is 0. The molecule has 0 radical (unpaired) electrons. The van der Waals surface area contributed by atoms with Crippen LogP contribution in [0.1, 0.15) is 12.8 Å². The number of halogens is 1. The van der Waals surface area contributed by atoms with E-state index >= 15 is 0 Å². The van der Waals surface area contributed by atoms with Gasteiger partial charge in [-0.2, -0.15) is 0 Å². The van der Waals surface area contributed by atoms with Crippen molar-refractivity contribution in [3.05, 3.63) is 12.3 Å². The van der Waals surface area contributed by atoms with Gasteiger partial charge in [0.25, 0.3) is 0 Å². The third-order valence-electron chi connectivity index (χ3n) is 2.53. The molecule has 5 heteroatoms. The Labute approximate surface area is 83.6 Å². The monoisotopic (exact) mass is 209 g/mol. The Morgan fingerprint density at radius 3 is 1.92 bits per heavy atom. The van der Waals surface area contributed by atoms with Gasteiger partial charge in [-0.1, -0.05) is 6.58 Å². The number of Topliss-reactive ketones (excluding diaryl/α,β-unsaturated/α-hetero) is 1. The molecule has 0 aromatic rings. The number of carbonyl (C=O) groups excluding carboxylic acids is 1. The summed E-state index contributed by atoms with van der Waals surface area (Å²) >= 11 is 0. The second kappa shape index (κ2) is 5.21. The van der Waals surface area contributed by atoms with E-state index in [9.17, 15) is 4.79 Å². The lowest BCUT2D eigenvalue weighted by Crippen LogP contribution is -2.45. The number of hydrogen-bond donors (Lipinski definition) is 0. The number of fused-ring (bicyclic) bond motifs is 3. The maximum absolute atomic E-state index is 11.2. The van der Waals surface area contributed by atoms with Crippen molar-refractivity contribution in [2.45, 2.75) is 12.8 Å². The predicted octanol–water partition coefficient (Wildman–Crippen LogP) is -0.433. The molecular formula is C8H16ClNO3. The van der Waals surface area contributed by atoms with Crippen LogP contribution in [0.15, 0.2) is 12.3 Å². The Kier molecular flexibility index (Phi) is 5.98. The number of piperidine rings is 3. The van der Waals surface area contributed by atoms with Crippen LogP contribution < -0.4 is 0 Å². The summed E-state index contributed by atoms with van der Waals surface area (Å²) in [6.07, 6.45) is 2.11. The van der Waals surface area contributed by atoms with Crippen molar-refractivity contribution in [1.82, 2.24) is 4.90 Å². The Morgan fingerprint density at radius 1 is 1.23 bits per heavy atom. The molecule has 3 rings (SSSR count). The highest BCUT2D eigenvalue weighted by atomic mass is 35.5. The SMILES string of the molecule is C=C1C(=O)C2CCN1CC2.Cl.O.O. The van der Waals surface area contributed by atoms with Crippen LogP contribution in [-0.2, 0) is 4.79 Å². The van der Waals surface area contributed by atoms with Gasteiger partial charge in [0.05, 0.1) is 5.70 Å². The molecule has 0 unspecified atom stereocenters. The first-order chi connectivity index (χ1) is 4.79. The Morgan fingerprint density at radius 2 is 1.69 bits per heavy atom. The Hall–Kier alpha value is -0.580. The van der Waals surface area contributed by atoms with Crippen molar-refractivity contribution < 1.29 is 15.7 Å². The molecule has 0 amide bonds. The molecule has 0 aliphatic carbocycles. The van der Waals surface area contributed by atoms with E-state index in [2.05, 4.69) is 11.5 Å². The number of hydrogen-bond acceptors (Lipinski definition) is 2. The highest BCUT2D eigenvalue weighted by molar-refractivity contribution is 5.97. The predicted molar refractivity (Wildman–Crippen MR) is 52.9 cm³/mol. The topological polar surface area (TPSA) is 83.3 Å². The van der Waals surface area contributed by atoms with Crippen molar-refractivity contribution in [3.8, 4) is 0 Å². The fourth-order valence-corrected chi connectivity index (χ4v) is 1.80. The zero-order valence-corrected chi connectivity index (χ0v) is 8.19. The average Bonchev–Trinajstić information content (AvgIpc) is 2.00. The molecule has 13 heavy (non-hydrogen) atoms. The quantitative estimate of drug-likeness (QED) is 0.507. The highest BCUT2D eigenvalue weighted by Crippen LogP contribution is 2.29. The first-order valence-corrected chi connectivity index (χ1v) is 3.77. The van der Waals surface area contributed by atoms with Crippen molar-refractivity contribution in [2.75, 3.05) is 13.1 Å². The zero-order valence-electron chi connectivity index (χ0n) is 7.38. The van der Waals surface area contributed by atoms with E-state index in [1.807, 2.05) is 0 Å². The molecule has 78 valence electrons. The van der Waals surface area contributed by atoms with Gasteiger partial charge >= 0.3 is 0 Å². The van der Waals surface area contributed by atoms with Gasteiger partial charge in [-0.25, -0.2) is 0 Å². The van der Waals surface area contributed by atoms with Gasteiger partial charge in [0.1, 0.15) is 0 Å². The second-order valence-electron chi connectivity index (χ2n) is 3.07. The summed E-state index contributed by atoms with van der Waals surface area (Å²) in [7, 11) is 0. The summed E-state index contributed by atoms with van der Waals surface area (Å²) in [5, 5.41) is 0. The normalized spacial score (nSPS) is 20.2. The third kappa shape index (κ3) is 2.21. The van der Waals surface area contributed by atoms with E-state index in [1.54, 1.807) is 0 Å². The van der Waals surface area contributed by atoms with Crippen molar-refractivity contribution in [2.24, 2.45) is 5.92 Å². The molecule has 4 nitrogen and oxygen atoms in total. The maximum atomic E-state index is 11.2. The summed E-state index contributed by atoms with van der Waals surface area (Å²) in [6.45, 7) is 5.86. The largest absolute Gasteiger partial charge is 0.412 e. The van der Waals surface area contributed by atoms with Crippen LogP contribution in [-0.4, -0.2) is 34.7 Å². The number of rotatable bonds is 0. The van der Waals surface area contributed by atoms with Gasteiger partial charge in [-0.05, 0) is 12.8 Å². The smallest absolute Gasteiger partial charge is 0.181 e. The van der Waals surface area contributed by atoms with Crippen molar-refractivity contribution >= 4 is 18.2 Å². The summed E-state index contributed by atoms with van der Waals surface area (Å²) < 4.78 is 0. The van der Waals surface area contributed by atoms with Crippen molar-refractivity contribution in [3.63, 3.8) is 0 Å². The van der Waals surface area contributed by atoms with Crippen LogP contribution >= 0.6 is 12.4 Å². The lowest BCUT2D eigenvalue weighted by Gasteiger charge is -2.40. The minimum atomic E-state index is 0. The van der Waals surface area contributed by atoms with E-state index in [-0.39, 0.29) is 29.1 Å². The minimum Gasteiger partial charge on any atom is -0.412 e. The lowest BCUT2D eigenvalue weighted by atomic mass is 9.85. The molecular weight excluding hydrogens is 194 g/mol. The summed E-state index contributed by atoms with van der Waals surface area (Å²) in [6, 6.07) is 0. The Balaban J connectivity index is 0. The summed E-state index contributed by atoms with van der Waals surface area (Å²) in [4.78, 5) is 13.3. The lowest BCUT2D eigenvalue weighted by molar-refractivity contribution is -0.125. The first-order valence-electron chi connectivity index (χ1n) is 3.77. The second-order valence-corrected chi connectivity index (χ2v) is 3.07. The molecule has 0 saturated carbocycles. The van der Waals surface area contributed by atoms with Crippen LogP contribution in [0.3, 0.4) is 0 Å². The van der Waals surface area contributed by atoms with Gasteiger partial charge < -0.3 is 15.9 Å². The highest BCUT2D eigenvalue weighted by Gasteiger charge is 2.34. The van der Waals surface area contributed by atoms with Gasteiger partial charge in [-0.15, -0.1) is 12.4 Å². The maximum Gasteiger partial charge on any atom is 0.181 e. The van der Waals surface area contributed by atoms with Crippen LogP contribution in [0.25, 0.3) is 0 Å². The molecule has 0 spiro atoms. The van der Waals surface area contributed by atoms with E-state index < -0.39 is 0 Å². The molecule has 4 N–H and O–H groups in total. The van der Waals surface area contributed by atoms with Crippen molar-refractivity contribution in [1.29, 1.82) is 0 Å². The fraction of sp³-hybridized carbons (Fsp3) is 0.625. The Bertz CT molecular complexity index is 178. The standard InChI is InChI=1S/C8H11NO.ClH.2H2O/c1-6-8(10)7-2-4-9(6)5-3-7;;;/h7H,1-5H2;1H;2*1H2. The molecule has 3 fully saturated rings. The molecule has 3 saturated heterocycles. The number of carbonyl (C=O) groups is 1. The van der Waals surface area contributed by atoms with Gasteiger partial charge in [0, 0.05) is 19.0 Å². The van der Waals surface area contributed by atoms with E-state index in [0.29, 0.717) is 5.92 Å². The molecule has 3 aliphatic heterocycles. The summed E-state index contributed by atoms with van der Waals surface area (Å²) in [5.74, 6) is 0.606. The van der Waals surface area contributed by atoms with Crippen LogP contribution in [0.5, 0.6) is 0 Å². The number of allylic oxidation sites excluding steroid dienone is 1. The molecule has 0 aromatic heterocycles. The fourth-order valence-electron chi connectivity index (χ4n) is 1.80. The molecule has 0 atom stereocenters. The van der Waals surface area contributed by atoms with Crippen LogP contribution in [0.2, 0.25) is 0 Å².